The Labute approximate surface area is 234 Å². The molecule has 0 spiro atoms. The average molecular weight is 537 g/mol. The van der Waals surface area contributed by atoms with Crippen LogP contribution in [-0.4, -0.2) is 50.2 Å². The number of thiophene rings is 1. The highest BCUT2D eigenvalue weighted by atomic mass is 32.1. The fourth-order valence-corrected chi connectivity index (χ4v) is 7.34. The maximum Gasteiger partial charge on any atom is 0.219 e. The predicted molar refractivity (Wildman–Crippen MR) is 163 cm³/mol. The van der Waals surface area contributed by atoms with E-state index in [-0.39, 0.29) is 6.04 Å². The van der Waals surface area contributed by atoms with Crippen molar-refractivity contribution >= 4 is 22.9 Å². The Hall–Kier alpha value is -2.31. The van der Waals surface area contributed by atoms with Crippen molar-refractivity contribution in [3.8, 4) is 0 Å². The van der Waals surface area contributed by atoms with Gasteiger partial charge in [0.2, 0.25) is 11.8 Å². The third-order valence-electron chi connectivity index (χ3n) is 8.43. The quantitative estimate of drug-likeness (QED) is 0.224. The molecule has 0 saturated heterocycles. The highest BCUT2D eigenvalue weighted by Gasteiger charge is 2.36. The zero-order valence-corrected chi connectivity index (χ0v) is 25.3. The lowest BCUT2D eigenvalue weighted by Gasteiger charge is -2.38. The van der Waals surface area contributed by atoms with Gasteiger partial charge in [-0.05, 0) is 87.9 Å². The van der Waals surface area contributed by atoms with E-state index in [2.05, 4.69) is 98.3 Å². The first-order valence-corrected chi connectivity index (χ1v) is 15.6. The van der Waals surface area contributed by atoms with Gasteiger partial charge in [-0.25, -0.2) is 4.98 Å². The first-order valence-electron chi connectivity index (χ1n) is 14.7. The van der Waals surface area contributed by atoms with Crippen molar-refractivity contribution in [2.45, 2.75) is 72.3 Å². The maximum absolute atomic E-state index is 6.75. The van der Waals surface area contributed by atoms with Gasteiger partial charge in [-0.2, -0.15) is 0 Å². The van der Waals surface area contributed by atoms with Crippen LogP contribution in [0.15, 0.2) is 46.2 Å². The summed E-state index contributed by atoms with van der Waals surface area (Å²) in [6.07, 6.45) is 7.07. The van der Waals surface area contributed by atoms with E-state index in [4.69, 9.17) is 9.40 Å². The van der Waals surface area contributed by atoms with Crippen LogP contribution in [0.5, 0.6) is 0 Å². The van der Waals surface area contributed by atoms with Crippen LogP contribution in [-0.2, 0) is 12.8 Å². The highest BCUT2D eigenvalue weighted by molar-refractivity contribution is 7.10. The van der Waals surface area contributed by atoms with Gasteiger partial charge in [-0.15, -0.1) is 11.3 Å². The lowest BCUT2D eigenvalue weighted by molar-refractivity contribution is 0.0933. The topological polar surface area (TPSA) is 35.8 Å². The lowest BCUT2D eigenvalue weighted by Crippen LogP contribution is -2.36. The second-order valence-electron chi connectivity index (χ2n) is 10.9. The minimum absolute atomic E-state index is 0.240. The summed E-state index contributed by atoms with van der Waals surface area (Å²) in [5, 5.41) is 2.25. The molecule has 1 saturated carbocycles. The van der Waals surface area contributed by atoms with Gasteiger partial charge in [-0.3, -0.25) is 4.90 Å². The summed E-state index contributed by atoms with van der Waals surface area (Å²) in [5.74, 6) is 3.24. The number of benzene rings is 1. The first-order chi connectivity index (χ1) is 18.5. The fourth-order valence-electron chi connectivity index (χ4n) is 6.28. The van der Waals surface area contributed by atoms with E-state index in [0.717, 1.165) is 56.0 Å². The van der Waals surface area contributed by atoms with Crippen molar-refractivity contribution in [3.63, 3.8) is 0 Å². The van der Waals surface area contributed by atoms with Gasteiger partial charge >= 0.3 is 0 Å². The van der Waals surface area contributed by atoms with Crippen molar-refractivity contribution in [1.29, 1.82) is 0 Å². The molecule has 2 heterocycles. The van der Waals surface area contributed by atoms with Gasteiger partial charge < -0.3 is 14.2 Å². The van der Waals surface area contributed by atoms with Gasteiger partial charge in [0, 0.05) is 38.5 Å². The predicted octanol–water partition coefficient (Wildman–Crippen LogP) is 7.67. The Kier molecular flexibility index (Phi) is 10.3. The van der Waals surface area contributed by atoms with E-state index in [1.165, 1.54) is 43.4 Å². The molecule has 1 atom stereocenters. The van der Waals surface area contributed by atoms with Crippen LogP contribution in [0, 0.1) is 11.8 Å². The molecule has 0 aliphatic heterocycles. The largest absolute Gasteiger partial charge is 0.423 e. The summed E-state index contributed by atoms with van der Waals surface area (Å²) < 4.78 is 6.75. The Morgan fingerprint density at radius 2 is 1.61 bits per heavy atom. The second-order valence-corrected chi connectivity index (χ2v) is 11.9. The fraction of sp³-hybridized carbons (Fsp3) is 0.594. The van der Waals surface area contributed by atoms with Crippen LogP contribution in [0.2, 0.25) is 0 Å². The van der Waals surface area contributed by atoms with E-state index >= 15 is 0 Å². The van der Waals surface area contributed by atoms with Crippen LogP contribution in [0.4, 0.5) is 11.6 Å². The van der Waals surface area contributed by atoms with Crippen molar-refractivity contribution in [2.24, 2.45) is 11.8 Å². The summed E-state index contributed by atoms with van der Waals surface area (Å²) in [6, 6.07) is 13.2. The maximum atomic E-state index is 6.75. The summed E-state index contributed by atoms with van der Waals surface area (Å²) in [7, 11) is 4.32. The molecule has 6 heteroatoms. The van der Waals surface area contributed by atoms with Crippen molar-refractivity contribution in [2.75, 3.05) is 50.1 Å². The zero-order valence-electron chi connectivity index (χ0n) is 24.4. The molecule has 1 aromatic carbocycles. The van der Waals surface area contributed by atoms with Crippen molar-refractivity contribution in [1.82, 2.24) is 9.88 Å². The van der Waals surface area contributed by atoms with Gasteiger partial charge in [0.15, 0.2) is 0 Å². The average Bonchev–Trinajstić information content (AvgIpc) is 3.56. The van der Waals surface area contributed by atoms with Gasteiger partial charge in [0.25, 0.3) is 0 Å². The van der Waals surface area contributed by atoms with Crippen LogP contribution in [0.25, 0.3) is 0 Å². The molecule has 2 aromatic heterocycles. The number of hydrogen-bond donors (Lipinski definition) is 0. The standard InChI is InChI=1S/C32H48N4OS/c1-7-35(8-2)30(26-18-16-25(17-19-26)23-29-28(34(5)6)20-21-38-29)31-33-27(22-24-14-12-11-13-15-24)32(37-31)36(9-3)10-4/h11-15,20-21,25-26,30H,7-10,16-19,22-23H2,1-6H3. The molecule has 38 heavy (non-hydrogen) atoms. The van der Waals surface area contributed by atoms with E-state index < -0.39 is 0 Å². The second kappa shape index (κ2) is 13.7. The van der Waals surface area contributed by atoms with Crippen LogP contribution in [0.3, 0.4) is 0 Å². The number of hydrogen-bond acceptors (Lipinski definition) is 6. The molecule has 1 aliphatic rings. The number of oxazole rings is 1. The van der Waals surface area contributed by atoms with E-state index in [9.17, 15) is 0 Å². The molecule has 0 radical (unpaired) electrons. The summed E-state index contributed by atoms with van der Waals surface area (Å²) >= 11 is 1.92. The molecule has 1 unspecified atom stereocenters. The molecule has 5 nitrogen and oxygen atoms in total. The van der Waals surface area contributed by atoms with Crippen LogP contribution >= 0.6 is 11.3 Å². The molecule has 208 valence electrons. The number of anilines is 2. The molecular weight excluding hydrogens is 488 g/mol. The number of rotatable bonds is 13. The Bertz CT molecular complexity index is 1090. The third kappa shape index (κ3) is 6.63. The SMILES string of the molecule is CCN(CC)c1oc(C(C2CCC(Cc3sccc3N(C)C)CC2)N(CC)CC)nc1Cc1ccccc1. The van der Waals surface area contributed by atoms with E-state index in [0.29, 0.717) is 5.92 Å². The summed E-state index contributed by atoms with van der Waals surface area (Å²) in [5.41, 5.74) is 3.76. The van der Waals surface area contributed by atoms with Crippen molar-refractivity contribution in [3.05, 3.63) is 63.8 Å². The minimum Gasteiger partial charge on any atom is -0.423 e. The minimum atomic E-state index is 0.240. The van der Waals surface area contributed by atoms with Gasteiger partial charge in [0.05, 0.1) is 11.7 Å². The van der Waals surface area contributed by atoms with E-state index in [1.807, 2.05) is 11.3 Å². The summed E-state index contributed by atoms with van der Waals surface area (Å²) in [4.78, 5) is 14.0. The van der Waals surface area contributed by atoms with E-state index in [1.54, 1.807) is 4.88 Å². The molecule has 4 rings (SSSR count). The molecule has 1 fully saturated rings. The molecular formula is C32H48N4OS. The smallest absolute Gasteiger partial charge is 0.219 e. The van der Waals surface area contributed by atoms with Crippen LogP contribution < -0.4 is 9.80 Å². The monoisotopic (exact) mass is 536 g/mol. The Morgan fingerprint density at radius 1 is 0.921 bits per heavy atom. The third-order valence-corrected chi connectivity index (χ3v) is 9.37. The Morgan fingerprint density at radius 3 is 2.21 bits per heavy atom. The lowest BCUT2D eigenvalue weighted by atomic mass is 9.76. The van der Waals surface area contributed by atoms with Gasteiger partial charge in [0.1, 0.15) is 5.69 Å². The molecule has 3 aromatic rings. The van der Waals surface area contributed by atoms with Gasteiger partial charge in [-0.1, -0.05) is 44.2 Å². The Balaban J connectivity index is 1.56. The summed E-state index contributed by atoms with van der Waals surface area (Å²) in [6.45, 7) is 12.8. The first kappa shape index (κ1) is 28.7. The normalized spacial score (nSPS) is 18.6. The number of nitrogens with zero attached hydrogens (tertiary/aromatic N) is 4. The van der Waals surface area contributed by atoms with Crippen LogP contribution in [0.1, 0.15) is 81.4 Å². The molecule has 1 aliphatic carbocycles. The molecule has 0 N–H and O–H groups in total. The molecule has 0 bridgehead atoms. The highest BCUT2D eigenvalue weighted by Crippen LogP contribution is 2.43. The zero-order chi connectivity index (χ0) is 27.1. The number of aromatic nitrogens is 1. The van der Waals surface area contributed by atoms with Crippen molar-refractivity contribution < 1.29 is 4.42 Å². The molecule has 0 amide bonds.